The van der Waals surface area contributed by atoms with Crippen molar-refractivity contribution in [3.8, 4) is 0 Å². The van der Waals surface area contributed by atoms with Gasteiger partial charge in [0.2, 0.25) is 5.92 Å². The van der Waals surface area contributed by atoms with Crippen LogP contribution in [0.5, 0.6) is 0 Å². The first-order chi connectivity index (χ1) is 11.3. The Morgan fingerprint density at radius 2 is 1.84 bits per heavy atom. The van der Waals surface area contributed by atoms with Crippen molar-refractivity contribution in [3.05, 3.63) is 17.0 Å². The molecule has 0 saturated heterocycles. The average molecular weight is 363 g/mol. The minimum Gasteiger partial charge on any atom is -0.364 e. The summed E-state index contributed by atoms with van der Waals surface area (Å²) in [6.07, 6.45) is -3.77. The quantitative estimate of drug-likeness (QED) is 0.833. The summed E-state index contributed by atoms with van der Waals surface area (Å²) in [5.41, 5.74) is 1.78. The maximum Gasteiger partial charge on any atom is 0.420 e. The third kappa shape index (κ3) is 2.38. The second kappa shape index (κ2) is 4.54. The minimum absolute atomic E-state index is 0.133. The number of alkyl halides is 5. The number of nitrogens with zero attached hydrogens (tertiary/aromatic N) is 2. The van der Waals surface area contributed by atoms with Gasteiger partial charge in [-0.3, -0.25) is 9.48 Å². The molecule has 2 bridgehead atoms. The van der Waals surface area contributed by atoms with Gasteiger partial charge >= 0.3 is 6.18 Å². The number of hydrogen-bond donors (Lipinski definition) is 1. The van der Waals surface area contributed by atoms with Gasteiger partial charge in [0.25, 0.3) is 5.91 Å². The maximum atomic E-state index is 13.7. The number of carbonyl (C=O) groups is 1. The Balaban J connectivity index is 1.78. The van der Waals surface area contributed by atoms with E-state index in [1.165, 1.54) is 0 Å². The van der Waals surface area contributed by atoms with E-state index in [0.717, 1.165) is 4.68 Å². The van der Waals surface area contributed by atoms with Crippen molar-refractivity contribution in [1.29, 1.82) is 0 Å². The average Bonchev–Trinajstić information content (AvgIpc) is 2.59. The lowest BCUT2D eigenvalue weighted by Gasteiger charge is -2.61. The molecule has 5 rings (SSSR count). The number of hydrogen-bond acceptors (Lipinski definition) is 2. The fourth-order valence-electron chi connectivity index (χ4n) is 4.91. The van der Waals surface area contributed by atoms with Gasteiger partial charge in [-0.1, -0.05) is 6.92 Å². The number of amides is 1. The van der Waals surface area contributed by atoms with Crippen LogP contribution < -0.4 is 5.73 Å². The summed E-state index contributed by atoms with van der Waals surface area (Å²) in [5.74, 6) is -3.63. The molecule has 25 heavy (non-hydrogen) atoms. The summed E-state index contributed by atoms with van der Waals surface area (Å²) in [7, 11) is 0. The molecule has 4 aliphatic rings. The van der Waals surface area contributed by atoms with E-state index in [-0.39, 0.29) is 12.2 Å². The van der Waals surface area contributed by atoms with E-state index >= 15 is 0 Å². The van der Waals surface area contributed by atoms with Gasteiger partial charge in [0.1, 0.15) is 11.3 Å². The van der Waals surface area contributed by atoms with E-state index in [4.69, 9.17) is 5.73 Å². The number of primary amides is 1. The van der Waals surface area contributed by atoms with Crippen molar-refractivity contribution in [2.24, 2.45) is 17.1 Å². The summed E-state index contributed by atoms with van der Waals surface area (Å²) in [6, 6.07) is 0. The highest BCUT2D eigenvalue weighted by molar-refractivity contribution is 5.93. The number of rotatable bonds is 4. The van der Waals surface area contributed by atoms with Crippen molar-refractivity contribution in [2.45, 2.75) is 63.1 Å². The SMILES string of the molecule is CC1(Cn2nc(C34CC(C3)C4)c(C(F)(F)F)c2C(N)=O)CC(F)(F)C1. The molecular weight excluding hydrogens is 345 g/mol. The predicted octanol–water partition coefficient (Wildman–Crippen LogP) is 3.49. The third-order valence-electron chi connectivity index (χ3n) is 5.91. The molecule has 138 valence electrons. The van der Waals surface area contributed by atoms with E-state index in [0.29, 0.717) is 25.2 Å². The molecule has 0 spiro atoms. The zero-order valence-corrected chi connectivity index (χ0v) is 13.6. The highest BCUT2D eigenvalue weighted by Crippen LogP contribution is 2.66. The van der Waals surface area contributed by atoms with Gasteiger partial charge < -0.3 is 5.73 Å². The summed E-state index contributed by atoms with van der Waals surface area (Å²) in [6.45, 7) is 1.38. The van der Waals surface area contributed by atoms with E-state index in [1.807, 2.05) is 0 Å². The zero-order chi connectivity index (χ0) is 18.4. The lowest BCUT2D eigenvalue weighted by atomic mass is 9.43. The Hall–Kier alpha value is -1.67. The highest BCUT2D eigenvalue weighted by Gasteiger charge is 2.62. The van der Waals surface area contributed by atoms with Crippen LogP contribution in [0.2, 0.25) is 0 Å². The van der Waals surface area contributed by atoms with Crippen LogP contribution >= 0.6 is 0 Å². The van der Waals surface area contributed by atoms with E-state index < -0.39 is 52.9 Å². The van der Waals surface area contributed by atoms with Crippen LogP contribution in [0, 0.1) is 11.3 Å². The Bertz CT molecular complexity index is 742. The second-order valence-corrected chi connectivity index (χ2v) is 8.37. The number of nitrogens with two attached hydrogens (primary N) is 1. The highest BCUT2D eigenvalue weighted by atomic mass is 19.4. The third-order valence-corrected chi connectivity index (χ3v) is 5.91. The lowest BCUT2D eigenvalue weighted by Crippen LogP contribution is -2.56. The Morgan fingerprint density at radius 1 is 1.28 bits per heavy atom. The number of carbonyl (C=O) groups excluding carboxylic acids is 1. The first-order valence-corrected chi connectivity index (χ1v) is 8.20. The number of aromatic nitrogens is 2. The van der Waals surface area contributed by atoms with Crippen LogP contribution in [0.3, 0.4) is 0 Å². The first kappa shape index (κ1) is 16.8. The van der Waals surface area contributed by atoms with Crippen LogP contribution in [0.15, 0.2) is 0 Å². The van der Waals surface area contributed by atoms with Crippen LogP contribution in [0.4, 0.5) is 22.0 Å². The molecule has 4 fully saturated rings. The van der Waals surface area contributed by atoms with Crippen molar-refractivity contribution in [2.75, 3.05) is 0 Å². The largest absolute Gasteiger partial charge is 0.420 e. The minimum atomic E-state index is -4.77. The standard InChI is InChI=1S/C16H18F5N3O/c1-13(5-15(17,18)6-13)7-24-10(12(22)25)9(16(19,20)21)11(23-24)14-2-8(3-14)4-14/h8H,2-7H2,1H3,(H2,22,25). The molecule has 1 aromatic heterocycles. The van der Waals surface area contributed by atoms with Crippen molar-refractivity contribution in [3.63, 3.8) is 0 Å². The molecule has 1 amide bonds. The second-order valence-electron chi connectivity index (χ2n) is 8.37. The Kier molecular flexibility index (Phi) is 3.04. The fourth-order valence-corrected chi connectivity index (χ4v) is 4.91. The molecule has 0 unspecified atom stereocenters. The first-order valence-electron chi connectivity index (χ1n) is 8.20. The molecule has 9 heteroatoms. The van der Waals surface area contributed by atoms with Gasteiger partial charge in [-0.15, -0.1) is 0 Å². The smallest absolute Gasteiger partial charge is 0.364 e. The van der Waals surface area contributed by atoms with Gasteiger partial charge in [-0.05, 0) is 30.6 Å². The normalized spacial score (nSPS) is 31.7. The molecule has 2 N–H and O–H groups in total. The molecule has 1 heterocycles. The van der Waals surface area contributed by atoms with Crippen molar-refractivity contribution >= 4 is 5.91 Å². The molecular formula is C16H18F5N3O. The van der Waals surface area contributed by atoms with E-state index in [2.05, 4.69) is 5.10 Å². The van der Waals surface area contributed by atoms with Gasteiger partial charge in [0.05, 0.1) is 5.69 Å². The molecule has 4 aliphatic carbocycles. The predicted molar refractivity (Wildman–Crippen MR) is 77.1 cm³/mol. The van der Waals surface area contributed by atoms with Crippen LogP contribution in [-0.4, -0.2) is 21.6 Å². The molecule has 0 aromatic carbocycles. The molecule has 0 aliphatic heterocycles. The van der Waals surface area contributed by atoms with Crippen molar-refractivity contribution in [1.82, 2.24) is 9.78 Å². The molecule has 4 nitrogen and oxygen atoms in total. The van der Waals surface area contributed by atoms with Crippen LogP contribution in [0.25, 0.3) is 0 Å². The summed E-state index contributed by atoms with van der Waals surface area (Å²) >= 11 is 0. The molecule has 1 aromatic rings. The summed E-state index contributed by atoms with van der Waals surface area (Å²) < 4.78 is 68.4. The topological polar surface area (TPSA) is 60.9 Å². The van der Waals surface area contributed by atoms with E-state index in [9.17, 15) is 26.7 Å². The molecule has 4 saturated carbocycles. The summed E-state index contributed by atoms with van der Waals surface area (Å²) in [5, 5.41) is 4.10. The fraction of sp³-hybridized carbons (Fsp3) is 0.750. The maximum absolute atomic E-state index is 13.7. The van der Waals surface area contributed by atoms with Gasteiger partial charge in [0.15, 0.2) is 0 Å². The van der Waals surface area contributed by atoms with Crippen LogP contribution in [0.1, 0.15) is 60.8 Å². The van der Waals surface area contributed by atoms with Gasteiger partial charge in [0, 0.05) is 24.8 Å². The van der Waals surface area contributed by atoms with Crippen LogP contribution in [-0.2, 0) is 18.1 Å². The Labute approximate surface area is 140 Å². The van der Waals surface area contributed by atoms with E-state index in [1.54, 1.807) is 6.92 Å². The molecule has 0 atom stereocenters. The lowest BCUT2D eigenvalue weighted by molar-refractivity contribution is -0.160. The van der Waals surface area contributed by atoms with Gasteiger partial charge in [-0.2, -0.15) is 18.3 Å². The number of halogens is 5. The monoisotopic (exact) mass is 363 g/mol. The Morgan fingerprint density at radius 3 is 2.20 bits per heavy atom. The molecule has 0 radical (unpaired) electrons. The van der Waals surface area contributed by atoms with Gasteiger partial charge in [-0.25, -0.2) is 8.78 Å². The zero-order valence-electron chi connectivity index (χ0n) is 13.6. The summed E-state index contributed by atoms with van der Waals surface area (Å²) in [4.78, 5) is 11.8. The van der Waals surface area contributed by atoms with Crippen molar-refractivity contribution < 1.29 is 26.7 Å².